The van der Waals surface area contributed by atoms with Gasteiger partial charge in [-0.1, -0.05) is 84.0 Å². The molecule has 0 fully saturated rings. The van der Waals surface area contributed by atoms with E-state index in [1.807, 2.05) is 0 Å². The van der Waals surface area contributed by atoms with E-state index >= 15 is 0 Å². The van der Waals surface area contributed by atoms with E-state index < -0.39 is 4.92 Å². The molecule has 0 heterocycles. The van der Waals surface area contributed by atoms with Crippen LogP contribution in [0.5, 0.6) is 5.75 Å². The Bertz CT molecular complexity index is 1000. The molecule has 0 radical (unpaired) electrons. The van der Waals surface area contributed by atoms with Gasteiger partial charge in [0.15, 0.2) is 0 Å². The summed E-state index contributed by atoms with van der Waals surface area (Å²) < 4.78 is 60.0. The normalized spacial score (nSPS) is 11.3. The average molecular weight is 818 g/mol. The first-order valence-corrected chi connectivity index (χ1v) is 21.4. The minimum Gasteiger partial charge on any atom is -0.491 e. The lowest BCUT2D eigenvalue weighted by Gasteiger charge is -2.09. The zero-order valence-electron chi connectivity index (χ0n) is 35.0. The van der Waals surface area contributed by atoms with Gasteiger partial charge in [0.2, 0.25) is 0 Å². The lowest BCUT2D eigenvalue weighted by atomic mass is 10.0. The summed E-state index contributed by atoms with van der Waals surface area (Å²) in [4.78, 5) is 22.1. The highest BCUT2D eigenvalue weighted by molar-refractivity contribution is 5.69. The molecule has 1 rings (SSSR count). The summed E-state index contributed by atoms with van der Waals surface area (Å²) in [6.07, 6.45) is 17.2. The second-order valence-corrected chi connectivity index (χ2v) is 13.3. The summed E-state index contributed by atoms with van der Waals surface area (Å²) in [7, 11) is 0. The highest BCUT2D eigenvalue weighted by Gasteiger charge is 2.05. The molecule has 0 N–H and O–H groups in total. The Kier molecular flexibility index (Phi) is 39.8. The van der Waals surface area contributed by atoms with Crippen molar-refractivity contribution in [3.05, 3.63) is 34.4 Å². The van der Waals surface area contributed by atoms with Gasteiger partial charge in [0.05, 0.1) is 124 Å². The summed E-state index contributed by atoms with van der Waals surface area (Å²) >= 11 is 0. The molecule has 0 bridgehead atoms. The van der Waals surface area contributed by atoms with Crippen molar-refractivity contribution in [3.8, 4) is 5.75 Å². The van der Waals surface area contributed by atoms with E-state index in [0.717, 1.165) is 12.8 Å². The average Bonchev–Trinajstić information content (AvgIpc) is 3.21. The van der Waals surface area contributed by atoms with Crippen molar-refractivity contribution >= 4 is 11.7 Å². The van der Waals surface area contributed by atoms with Gasteiger partial charge >= 0.3 is 5.97 Å². The predicted octanol–water partition coefficient (Wildman–Crippen LogP) is 7.15. The molecule has 0 saturated heterocycles. The molecule has 0 saturated carbocycles. The van der Waals surface area contributed by atoms with Gasteiger partial charge in [0.1, 0.15) is 19.0 Å². The maximum Gasteiger partial charge on any atom is 0.305 e. The number of benzene rings is 1. The van der Waals surface area contributed by atoms with Crippen LogP contribution in [0.4, 0.5) is 5.69 Å². The Morgan fingerprint density at radius 1 is 0.439 bits per heavy atom. The van der Waals surface area contributed by atoms with Gasteiger partial charge in [-0.2, -0.15) is 0 Å². The molecule has 1 aromatic rings. The molecule has 15 nitrogen and oxygen atoms in total. The van der Waals surface area contributed by atoms with E-state index in [2.05, 4.69) is 6.92 Å². The van der Waals surface area contributed by atoms with Crippen molar-refractivity contribution in [2.24, 2.45) is 0 Å². The number of carbonyl (C=O) groups is 1. The lowest BCUT2D eigenvalue weighted by molar-refractivity contribution is -0.384. The van der Waals surface area contributed by atoms with Crippen LogP contribution in [0.25, 0.3) is 0 Å². The maximum absolute atomic E-state index is 11.9. The molecular weight excluding hydrogens is 742 g/mol. The molecule has 0 aromatic heterocycles. The van der Waals surface area contributed by atoms with Gasteiger partial charge in [0, 0.05) is 18.6 Å². The Morgan fingerprint density at radius 2 is 0.737 bits per heavy atom. The molecule has 0 atom stereocenters. The van der Waals surface area contributed by atoms with Crippen LogP contribution in [0.15, 0.2) is 24.3 Å². The topological polar surface area (TPSA) is 162 Å². The molecular formula is C42H75NO14. The van der Waals surface area contributed by atoms with Crippen LogP contribution >= 0.6 is 0 Å². The van der Waals surface area contributed by atoms with Crippen LogP contribution in [0.1, 0.15) is 96.8 Å². The van der Waals surface area contributed by atoms with Crippen LogP contribution < -0.4 is 4.74 Å². The molecule has 0 spiro atoms. The van der Waals surface area contributed by atoms with Crippen molar-refractivity contribution in [2.75, 3.05) is 132 Å². The highest BCUT2D eigenvalue weighted by atomic mass is 16.6. The number of ether oxygens (including phenoxy) is 11. The van der Waals surface area contributed by atoms with Gasteiger partial charge < -0.3 is 52.1 Å². The second-order valence-electron chi connectivity index (χ2n) is 13.3. The summed E-state index contributed by atoms with van der Waals surface area (Å²) in [6, 6.07) is 5.91. The Balaban J connectivity index is 1.65. The third kappa shape index (κ3) is 38.8. The standard InChI is InChI=1S/C42H75NO14/c1-2-3-4-5-6-7-8-9-10-11-12-13-14-15-42(44)57-39-37-55-35-33-53-31-29-51-27-25-49-23-21-47-20-22-48-24-26-50-28-30-52-32-34-54-36-38-56-41-18-16-40(17-19-41)43(45)46/h16-19H,2-15,20-39H2,1H3. The van der Waals surface area contributed by atoms with E-state index in [9.17, 15) is 14.9 Å². The van der Waals surface area contributed by atoms with Gasteiger partial charge in [0.25, 0.3) is 5.69 Å². The van der Waals surface area contributed by atoms with Gasteiger partial charge in [-0.15, -0.1) is 0 Å². The van der Waals surface area contributed by atoms with Crippen molar-refractivity contribution in [1.29, 1.82) is 0 Å². The van der Waals surface area contributed by atoms with Crippen LogP contribution in [-0.2, 0) is 52.2 Å². The molecule has 0 aliphatic carbocycles. The van der Waals surface area contributed by atoms with Gasteiger partial charge in [-0.25, -0.2) is 0 Å². The molecule has 332 valence electrons. The van der Waals surface area contributed by atoms with E-state index in [0.29, 0.717) is 138 Å². The maximum atomic E-state index is 11.9. The zero-order valence-corrected chi connectivity index (χ0v) is 35.0. The first kappa shape index (κ1) is 52.5. The largest absolute Gasteiger partial charge is 0.491 e. The van der Waals surface area contributed by atoms with Gasteiger partial charge in [-0.05, 0) is 18.6 Å². The minimum absolute atomic E-state index is 0.0242. The Hall–Kier alpha value is -2.47. The molecule has 0 aliphatic heterocycles. The Morgan fingerprint density at radius 3 is 1.07 bits per heavy atom. The predicted molar refractivity (Wildman–Crippen MR) is 217 cm³/mol. The van der Waals surface area contributed by atoms with Crippen molar-refractivity contribution in [3.63, 3.8) is 0 Å². The first-order chi connectivity index (χ1) is 28.1. The molecule has 57 heavy (non-hydrogen) atoms. The number of hydrogen-bond acceptors (Lipinski definition) is 14. The van der Waals surface area contributed by atoms with Crippen molar-refractivity contribution < 1.29 is 61.8 Å². The van der Waals surface area contributed by atoms with Crippen LogP contribution in [0.2, 0.25) is 0 Å². The Labute approximate surface area is 342 Å². The third-order valence-corrected chi connectivity index (χ3v) is 8.50. The number of unbranched alkanes of at least 4 members (excludes halogenated alkanes) is 12. The summed E-state index contributed by atoms with van der Waals surface area (Å²) in [6.45, 7) is 11.1. The quantitative estimate of drug-likeness (QED) is 0.0282. The van der Waals surface area contributed by atoms with E-state index in [1.165, 1.54) is 82.8 Å². The first-order valence-electron chi connectivity index (χ1n) is 21.4. The molecule has 0 amide bonds. The number of non-ortho nitro benzene ring substituents is 1. The zero-order chi connectivity index (χ0) is 41.0. The number of nitrogens with zero attached hydrogens (tertiary/aromatic N) is 1. The van der Waals surface area contributed by atoms with E-state index in [1.54, 1.807) is 12.1 Å². The van der Waals surface area contributed by atoms with Crippen LogP contribution in [0.3, 0.4) is 0 Å². The molecule has 0 aliphatic rings. The molecule has 0 unspecified atom stereocenters. The number of rotatable bonds is 46. The summed E-state index contributed by atoms with van der Waals surface area (Å²) in [5.74, 6) is 0.416. The van der Waals surface area contributed by atoms with E-state index in [4.69, 9.17) is 52.1 Å². The molecule has 1 aromatic carbocycles. The monoisotopic (exact) mass is 818 g/mol. The fraction of sp³-hybridized carbons (Fsp3) is 0.833. The smallest absolute Gasteiger partial charge is 0.305 e. The summed E-state index contributed by atoms with van der Waals surface area (Å²) in [5, 5.41) is 10.7. The van der Waals surface area contributed by atoms with Gasteiger partial charge in [-0.3, -0.25) is 14.9 Å². The SMILES string of the molecule is CCCCCCCCCCCCCCCC(=O)OCCOCCOCCOCCOCCOCCOCCOCCOCCOCCOc1ccc([N+](=O)[O-])cc1. The number of nitro benzene ring substituents is 1. The number of nitro groups is 1. The number of esters is 1. The minimum atomic E-state index is -0.452. The summed E-state index contributed by atoms with van der Waals surface area (Å²) in [5.41, 5.74) is 0.0242. The number of hydrogen-bond donors (Lipinski definition) is 0. The van der Waals surface area contributed by atoms with Crippen molar-refractivity contribution in [2.45, 2.75) is 96.8 Å². The fourth-order valence-corrected chi connectivity index (χ4v) is 5.32. The van der Waals surface area contributed by atoms with Crippen molar-refractivity contribution in [1.82, 2.24) is 0 Å². The van der Waals surface area contributed by atoms with E-state index in [-0.39, 0.29) is 18.3 Å². The molecule has 15 heteroatoms. The number of carbonyl (C=O) groups excluding carboxylic acids is 1. The second kappa shape index (κ2) is 43.1. The third-order valence-electron chi connectivity index (χ3n) is 8.50. The fourth-order valence-electron chi connectivity index (χ4n) is 5.32. The lowest BCUT2D eigenvalue weighted by Crippen LogP contribution is -2.15. The van der Waals surface area contributed by atoms with Crippen LogP contribution in [0, 0.1) is 10.1 Å². The van der Waals surface area contributed by atoms with Crippen LogP contribution in [-0.4, -0.2) is 143 Å². The highest BCUT2D eigenvalue weighted by Crippen LogP contribution is 2.17.